The highest BCUT2D eigenvalue weighted by molar-refractivity contribution is 4.79. The molecule has 0 N–H and O–H groups in total. The van der Waals surface area contributed by atoms with Crippen molar-refractivity contribution in [3.63, 3.8) is 0 Å². The van der Waals surface area contributed by atoms with Gasteiger partial charge in [-0.2, -0.15) is 0 Å². The van der Waals surface area contributed by atoms with Gasteiger partial charge in [0, 0.05) is 26.2 Å². The fourth-order valence-corrected chi connectivity index (χ4v) is 1.84. The molecular formula is C10H20FNO. The van der Waals surface area contributed by atoms with Crippen molar-refractivity contribution in [2.45, 2.75) is 45.0 Å². The molecule has 78 valence electrons. The van der Waals surface area contributed by atoms with Gasteiger partial charge in [0.1, 0.15) is 6.17 Å². The maximum atomic E-state index is 13.0. The standard InChI is InChI=1S/C10H20FNO/c1-8-6-10(11)4-5-12(8)7-9(2)13-3/h8-10H,4-7H2,1-3H3. The Bertz CT molecular complexity index is 154. The Balaban J connectivity index is 2.33. The zero-order valence-electron chi connectivity index (χ0n) is 8.79. The second kappa shape index (κ2) is 4.91. The molecular weight excluding hydrogens is 169 g/mol. The third-order valence-corrected chi connectivity index (χ3v) is 2.84. The lowest BCUT2D eigenvalue weighted by molar-refractivity contribution is 0.0333. The molecule has 3 atom stereocenters. The van der Waals surface area contributed by atoms with E-state index in [4.69, 9.17) is 4.74 Å². The maximum Gasteiger partial charge on any atom is 0.103 e. The first-order valence-corrected chi connectivity index (χ1v) is 5.04. The smallest absolute Gasteiger partial charge is 0.103 e. The second-order valence-corrected chi connectivity index (χ2v) is 4.01. The molecule has 1 aliphatic rings. The molecule has 0 radical (unpaired) electrons. The number of rotatable bonds is 3. The molecule has 1 rings (SSSR count). The van der Waals surface area contributed by atoms with E-state index < -0.39 is 6.17 Å². The van der Waals surface area contributed by atoms with E-state index in [1.165, 1.54) is 0 Å². The van der Waals surface area contributed by atoms with Gasteiger partial charge in [-0.05, 0) is 26.7 Å². The molecule has 1 heterocycles. The van der Waals surface area contributed by atoms with Crippen molar-refractivity contribution in [2.75, 3.05) is 20.2 Å². The van der Waals surface area contributed by atoms with E-state index in [-0.39, 0.29) is 6.10 Å². The Morgan fingerprint density at radius 3 is 2.85 bits per heavy atom. The predicted molar refractivity (Wildman–Crippen MR) is 51.6 cm³/mol. The molecule has 13 heavy (non-hydrogen) atoms. The average Bonchev–Trinajstić information content (AvgIpc) is 2.09. The SMILES string of the molecule is COC(C)CN1CCC(F)CC1C. The van der Waals surface area contributed by atoms with Crippen LogP contribution in [0, 0.1) is 0 Å². The molecule has 0 bridgehead atoms. The van der Waals surface area contributed by atoms with Crippen LogP contribution in [0.5, 0.6) is 0 Å². The Morgan fingerprint density at radius 1 is 1.62 bits per heavy atom. The van der Waals surface area contributed by atoms with Gasteiger partial charge in [0.25, 0.3) is 0 Å². The highest BCUT2D eigenvalue weighted by Gasteiger charge is 2.25. The molecule has 1 fully saturated rings. The second-order valence-electron chi connectivity index (χ2n) is 4.01. The van der Waals surface area contributed by atoms with Gasteiger partial charge < -0.3 is 4.74 Å². The number of nitrogens with zero attached hydrogens (tertiary/aromatic N) is 1. The van der Waals surface area contributed by atoms with E-state index >= 15 is 0 Å². The van der Waals surface area contributed by atoms with Gasteiger partial charge in [0.2, 0.25) is 0 Å². The van der Waals surface area contributed by atoms with E-state index in [1.807, 2.05) is 6.92 Å². The van der Waals surface area contributed by atoms with Crippen LogP contribution in [0.3, 0.4) is 0 Å². The molecule has 0 aromatic heterocycles. The molecule has 1 aliphatic heterocycles. The van der Waals surface area contributed by atoms with Crippen molar-refractivity contribution in [3.8, 4) is 0 Å². The zero-order valence-corrected chi connectivity index (χ0v) is 8.79. The molecule has 1 saturated heterocycles. The van der Waals surface area contributed by atoms with Gasteiger partial charge in [-0.1, -0.05) is 0 Å². The van der Waals surface area contributed by atoms with Crippen LogP contribution in [0.15, 0.2) is 0 Å². The van der Waals surface area contributed by atoms with Gasteiger partial charge in [0.15, 0.2) is 0 Å². The Kier molecular flexibility index (Phi) is 4.13. The minimum atomic E-state index is -0.593. The zero-order chi connectivity index (χ0) is 9.84. The van der Waals surface area contributed by atoms with Crippen LogP contribution >= 0.6 is 0 Å². The summed E-state index contributed by atoms with van der Waals surface area (Å²) in [4.78, 5) is 2.31. The van der Waals surface area contributed by atoms with E-state index in [0.717, 1.165) is 13.1 Å². The van der Waals surface area contributed by atoms with Crippen molar-refractivity contribution in [1.82, 2.24) is 4.90 Å². The molecule has 0 amide bonds. The molecule has 3 unspecified atom stereocenters. The van der Waals surface area contributed by atoms with Crippen LogP contribution in [0.1, 0.15) is 26.7 Å². The van der Waals surface area contributed by atoms with Crippen molar-refractivity contribution >= 4 is 0 Å². The quantitative estimate of drug-likeness (QED) is 0.671. The fraction of sp³-hybridized carbons (Fsp3) is 1.00. The minimum absolute atomic E-state index is 0.249. The average molecular weight is 189 g/mol. The van der Waals surface area contributed by atoms with Gasteiger partial charge in [0.05, 0.1) is 6.10 Å². The highest BCUT2D eigenvalue weighted by Crippen LogP contribution is 2.19. The molecule has 0 saturated carbocycles. The molecule has 0 aromatic carbocycles. The summed E-state index contributed by atoms with van der Waals surface area (Å²) < 4.78 is 18.2. The molecule has 0 aromatic rings. The minimum Gasteiger partial charge on any atom is -0.380 e. The maximum absolute atomic E-state index is 13.0. The molecule has 2 nitrogen and oxygen atoms in total. The molecule has 0 spiro atoms. The van der Waals surface area contributed by atoms with E-state index in [0.29, 0.717) is 18.9 Å². The van der Waals surface area contributed by atoms with Crippen LogP contribution in [0.2, 0.25) is 0 Å². The summed E-state index contributed by atoms with van der Waals surface area (Å²) in [6.07, 6.45) is 1.01. The largest absolute Gasteiger partial charge is 0.380 e. The van der Waals surface area contributed by atoms with Gasteiger partial charge in [-0.25, -0.2) is 4.39 Å². The Hall–Kier alpha value is -0.150. The van der Waals surface area contributed by atoms with Crippen molar-refractivity contribution in [3.05, 3.63) is 0 Å². The van der Waals surface area contributed by atoms with Crippen LogP contribution < -0.4 is 0 Å². The first-order valence-electron chi connectivity index (χ1n) is 5.04. The summed E-state index contributed by atoms with van der Waals surface area (Å²) in [7, 11) is 1.72. The number of alkyl halides is 1. The van der Waals surface area contributed by atoms with Crippen LogP contribution in [0.4, 0.5) is 4.39 Å². The van der Waals surface area contributed by atoms with Crippen molar-refractivity contribution < 1.29 is 9.13 Å². The Labute approximate surface area is 80.1 Å². The Morgan fingerprint density at radius 2 is 2.31 bits per heavy atom. The topological polar surface area (TPSA) is 12.5 Å². The first-order chi connectivity index (χ1) is 6.13. The molecule has 0 aliphatic carbocycles. The fourth-order valence-electron chi connectivity index (χ4n) is 1.84. The number of halogens is 1. The number of likely N-dealkylation sites (tertiary alicyclic amines) is 1. The van der Waals surface area contributed by atoms with E-state index in [2.05, 4.69) is 11.8 Å². The summed E-state index contributed by atoms with van der Waals surface area (Å²) in [5, 5.41) is 0. The summed E-state index contributed by atoms with van der Waals surface area (Å²) >= 11 is 0. The molecule has 3 heteroatoms. The van der Waals surface area contributed by atoms with Crippen molar-refractivity contribution in [2.24, 2.45) is 0 Å². The number of ether oxygens (including phenoxy) is 1. The third-order valence-electron chi connectivity index (χ3n) is 2.84. The van der Waals surface area contributed by atoms with Crippen LogP contribution in [-0.4, -0.2) is 43.4 Å². The monoisotopic (exact) mass is 189 g/mol. The number of piperidine rings is 1. The summed E-state index contributed by atoms with van der Waals surface area (Å²) in [5.74, 6) is 0. The lowest BCUT2D eigenvalue weighted by Crippen LogP contribution is -2.44. The predicted octanol–water partition coefficient (Wildman–Crippen LogP) is 1.84. The van der Waals surface area contributed by atoms with Crippen LogP contribution in [0.25, 0.3) is 0 Å². The summed E-state index contributed by atoms with van der Waals surface area (Å²) in [5.41, 5.74) is 0. The summed E-state index contributed by atoms with van der Waals surface area (Å²) in [6, 6.07) is 0.362. The number of methoxy groups -OCH3 is 1. The number of hydrogen-bond acceptors (Lipinski definition) is 2. The third kappa shape index (κ3) is 3.24. The van der Waals surface area contributed by atoms with Crippen molar-refractivity contribution in [1.29, 1.82) is 0 Å². The first kappa shape index (κ1) is 10.9. The van der Waals surface area contributed by atoms with Crippen LogP contribution in [-0.2, 0) is 4.74 Å². The lowest BCUT2D eigenvalue weighted by atomic mass is 10.0. The van der Waals surface area contributed by atoms with Gasteiger partial charge in [-0.15, -0.1) is 0 Å². The van der Waals surface area contributed by atoms with Gasteiger partial charge in [-0.3, -0.25) is 4.90 Å². The highest BCUT2D eigenvalue weighted by atomic mass is 19.1. The van der Waals surface area contributed by atoms with E-state index in [9.17, 15) is 4.39 Å². The summed E-state index contributed by atoms with van der Waals surface area (Å²) in [6.45, 7) is 5.93. The normalized spacial score (nSPS) is 33.2. The van der Waals surface area contributed by atoms with E-state index in [1.54, 1.807) is 7.11 Å². The lowest BCUT2D eigenvalue weighted by Gasteiger charge is -2.36. The van der Waals surface area contributed by atoms with Gasteiger partial charge >= 0.3 is 0 Å². The number of hydrogen-bond donors (Lipinski definition) is 0.